The SMILES string of the molecule is O=C1CC(c2cncc(Br)c2)CC(=O)O1. The highest BCUT2D eigenvalue weighted by molar-refractivity contribution is 9.10. The summed E-state index contributed by atoms with van der Waals surface area (Å²) in [5.74, 6) is -1.03. The Morgan fingerprint density at radius 2 is 1.93 bits per heavy atom. The van der Waals surface area contributed by atoms with E-state index in [-0.39, 0.29) is 18.8 Å². The third-order valence-electron chi connectivity index (χ3n) is 2.25. The maximum Gasteiger partial charge on any atom is 0.314 e. The van der Waals surface area contributed by atoms with Crippen LogP contribution in [0, 0.1) is 0 Å². The lowest BCUT2D eigenvalue weighted by Gasteiger charge is -2.19. The van der Waals surface area contributed by atoms with Gasteiger partial charge in [0.1, 0.15) is 0 Å². The van der Waals surface area contributed by atoms with Crippen molar-refractivity contribution in [3.63, 3.8) is 0 Å². The zero-order valence-corrected chi connectivity index (χ0v) is 9.36. The van der Waals surface area contributed by atoms with Crippen LogP contribution in [-0.2, 0) is 14.3 Å². The van der Waals surface area contributed by atoms with Gasteiger partial charge in [-0.3, -0.25) is 14.6 Å². The summed E-state index contributed by atoms with van der Waals surface area (Å²) in [5, 5.41) is 0. The largest absolute Gasteiger partial charge is 0.393 e. The number of pyridine rings is 1. The van der Waals surface area contributed by atoms with Crippen LogP contribution in [0.5, 0.6) is 0 Å². The van der Waals surface area contributed by atoms with Crippen molar-refractivity contribution in [1.29, 1.82) is 0 Å². The van der Waals surface area contributed by atoms with Crippen molar-refractivity contribution in [3.8, 4) is 0 Å². The summed E-state index contributed by atoms with van der Waals surface area (Å²) in [6.07, 6.45) is 3.81. The molecule has 1 saturated heterocycles. The van der Waals surface area contributed by atoms with Gasteiger partial charge in [0, 0.05) is 22.8 Å². The summed E-state index contributed by atoms with van der Waals surface area (Å²) in [7, 11) is 0. The van der Waals surface area contributed by atoms with Gasteiger partial charge in [0.05, 0.1) is 12.8 Å². The zero-order valence-electron chi connectivity index (χ0n) is 7.77. The average Bonchev–Trinajstić information content (AvgIpc) is 2.16. The molecule has 0 N–H and O–H groups in total. The van der Waals surface area contributed by atoms with Crippen molar-refractivity contribution in [2.45, 2.75) is 18.8 Å². The first-order valence-electron chi connectivity index (χ1n) is 4.49. The van der Waals surface area contributed by atoms with Crippen LogP contribution in [0.4, 0.5) is 0 Å². The Morgan fingerprint density at radius 1 is 1.27 bits per heavy atom. The predicted molar refractivity (Wildman–Crippen MR) is 55.0 cm³/mol. The van der Waals surface area contributed by atoms with E-state index in [0.717, 1.165) is 10.0 Å². The minimum atomic E-state index is -0.462. The Kier molecular flexibility index (Phi) is 2.81. The minimum Gasteiger partial charge on any atom is -0.393 e. The number of hydrogen-bond donors (Lipinski definition) is 0. The number of cyclic esters (lactones) is 2. The number of carbonyl (C=O) groups is 2. The van der Waals surface area contributed by atoms with Gasteiger partial charge in [-0.05, 0) is 27.6 Å². The number of rotatable bonds is 1. The van der Waals surface area contributed by atoms with Gasteiger partial charge in [0.15, 0.2) is 0 Å². The lowest BCUT2D eigenvalue weighted by molar-refractivity contribution is -0.163. The van der Waals surface area contributed by atoms with Crippen LogP contribution in [0.25, 0.3) is 0 Å². The molecule has 5 heteroatoms. The summed E-state index contributed by atoms with van der Waals surface area (Å²) in [4.78, 5) is 26.1. The average molecular weight is 270 g/mol. The van der Waals surface area contributed by atoms with Crippen LogP contribution in [0.3, 0.4) is 0 Å². The highest BCUT2D eigenvalue weighted by atomic mass is 79.9. The standard InChI is InChI=1S/C10H8BrNO3/c11-8-1-7(4-12-5-8)6-2-9(13)15-10(14)3-6/h1,4-6H,2-3H2. The molecule has 1 aromatic heterocycles. The first kappa shape index (κ1) is 10.3. The Hall–Kier alpha value is -1.23. The van der Waals surface area contributed by atoms with Gasteiger partial charge in [-0.15, -0.1) is 0 Å². The second-order valence-corrected chi connectivity index (χ2v) is 4.30. The van der Waals surface area contributed by atoms with Gasteiger partial charge < -0.3 is 4.74 Å². The quantitative estimate of drug-likeness (QED) is 0.576. The maximum atomic E-state index is 11.1. The maximum absolute atomic E-state index is 11.1. The number of carbonyl (C=O) groups excluding carboxylic acids is 2. The van der Waals surface area contributed by atoms with Gasteiger partial charge in [-0.25, -0.2) is 0 Å². The molecule has 0 bridgehead atoms. The van der Waals surface area contributed by atoms with Crippen molar-refractivity contribution in [1.82, 2.24) is 4.98 Å². The zero-order chi connectivity index (χ0) is 10.8. The molecule has 0 atom stereocenters. The first-order valence-corrected chi connectivity index (χ1v) is 5.28. The summed E-state index contributed by atoms with van der Waals surface area (Å²) < 4.78 is 5.30. The molecule has 1 fully saturated rings. The van der Waals surface area contributed by atoms with E-state index in [0.29, 0.717) is 0 Å². The molecular weight excluding hydrogens is 262 g/mol. The molecule has 0 aliphatic carbocycles. The van der Waals surface area contributed by atoms with Crippen LogP contribution in [0.2, 0.25) is 0 Å². The number of esters is 2. The second kappa shape index (κ2) is 4.10. The Labute approximate surface area is 94.8 Å². The summed E-state index contributed by atoms with van der Waals surface area (Å²) >= 11 is 3.30. The van der Waals surface area contributed by atoms with E-state index >= 15 is 0 Å². The smallest absolute Gasteiger partial charge is 0.314 e. The van der Waals surface area contributed by atoms with Gasteiger partial charge in [-0.1, -0.05) is 0 Å². The van der Waals surface area contributed by atoms with Gasteiger partial charge in [0.2, 0.25) is 0 Å². The Bertz CT molecular complexity index is 403. The fraction of sp³-hybridized carbons (Fsp3) is 0.300. The Morgan fingerprint density at radius 3 is 2.53 bits per heavy atom. The number of aromatic nitrogens is 1. The molecular formula is C10H8BrNO3. The normalized spacial score (nSPS) is 17.7. The number of halogens is 1. The molecule has 0 saturated carbocycles. The lowest BCUT2D eigenvalue weighted by Crippen LogP contribution is -2.24. The van der Waals surface area contributed by atoms with E-state index in [1.807, 2.05) is 6.07 Å². The highest BCUT2D eigenvalue weighted by Crippen LogP contribution is 2.28. The number of ether oxygens (including phenoxy) is 1. The van der Waals surface area contributed by atoms with Gasteiger partial charge in [-0.2, -0.15) is 0 Å². The third kappa shape index (κ3) is 2.41. The van der Waals surface area contributed by atoms with E-state index in [1.54, 1.807) is 12.4 Å². The van der Waals surface area contributed by atoms with E-state index < -0.39 is 11.9 Å². The van der Waals surface area contributed by atoms with Gasteiger partial charge >= 0.3 is 11.9 Å². The van der Waals surface area contributed by atoms with Crippen LogP contribution < -0.4 is 0 Å². The first-order chi connectivity index (χ1) is 7.15. The predicted octanol–water partition coefficient (Wildman–Crippen LogP) is 1.79. The van der Waals surface area contributed by atoms with E-state index in [2.05, 4.69) is 25.7 Å². The molecule has 0 aromatic carbocycles. The molecule has 0 unspecified atom stereocenters. The molecule has 0 radical (unpaired) electrons. The van der Waals surface area contributed by atoms with Crippen molar-refractivity contribution in [2.75, 3.05) is 0 Å². The summed E-state index contributed by atoms with van der Waals surface area (Å²) in [6.45, 7) is 0. The van der Waals surface area contributed by atoms with Crippen molar-refractivity contribution in [2.24, 2.45) is 0 Å². The monoisotopic (exact) mass is 269 g/mol. The van der Waals surface area contributed by atoms with Crippen LogP contribution >= 0.6 is 15.9 Å². The van der Waals surface area contributed by atoms with Crippen LogP contribution in [-0.4, -0.2) is 16.9 Å². The van der Waals surface area contributed by atoms with E-state index in [9.17, 15) is 9.59 Å². The third-order valence-corrected chi connectivity index (χ3v) is 2.68. The van der Waals surface area contributed by atoms with Crippen molar-refractivity contribution in [3.05, 3.63) is 28.5 Å². The highest BCUT2D eigenvalue weighted by Gasteiger charge is 2.28. The second-order valence-electron chi connectivity index (χ2n) is 3.39. The number of nitrogens with zero attached hydrogens (tertiary/aromatic N) is 1. The fourth-order valence-corrected chi connectivity index (χ4v) is 1.95. The van der Waals surface area contributed by atoms with Crippen molar-refractivity contribution >= 4 is 27.9 Å². The topological polar surface area (TPSA) is 56.3 Å². The fourth-order valence-electron chi connectivity index (χ4n) is 1.57. The molecule has 1 aromatic rings. The van der Waals surface area contributed by atoms with E-state index in [1.165, 1.54) is 0 Å². The van der Waals surface area contributed by atoms with E-state index in [4.69, 9.17) is 0 Å². The molecule has 2 heterocycles. The van der Waals surface area contributed by atoms with Gasteiger partial charge in [0.25, 0.3) is 0 Å². The van der Waals surface area contributed by atoms with Crippen molar-refractivity contribution < 1.29 is 14.3 Å². The lowest BCUT2D eigenvalue weighted by atomic mass is 9.92. The van der Waals surface area contributed by atoms with Crippen LogP contribution in [0.1, 0.15) is 24.3 Å². The molecule has 0 amide bonds. The molecule has 15 heavy (non-hydrogen) atoms. The molecule has 1 aliphatic heterocycles. The molecule has 4 nitrogen and oxygen atoms in total. The molecule has 78 valence electrons. The minimum absolute atomic E-state index is 0.108. The Balaban J connectivity index is 2.23. The molecule has 1 aliphatic rings. The summed E-state index contributed by atoms with van der Waals surface area (Å²) in [5.41, 5.74) is 0.884. The molecule has 0 spiro atoms. The molecule has 2 rings (SSSR count). The van der Waals surface area contributed by atoms with Crippen LogP contribution in [0.15, 0.2) is 22.9 Å². The number of hydrogen-bond acceptors (Lipinski definition) is 4. The summed E-state index contributed by atoms with van der Waals surface area (Å²) in [6, 6.07) is 1.86.